The Labute approximate surface area is 136 Å². The maximum atomic E-state index is 4.58. The van der Waals surface area contributed by atoms with E-state index in [1.807, 2.05) is 0 Å². The van der Waals surface area contributed by atoms with Gasteiger partial charge in [-0.1, -0.05) is 6.92 Å². The van der Waals surface area contributed by atoms with Crippen LogP contribution in [0, 0.1) is 0 Å². The van der Waals surface area contributed by atoms with Crippen LogP contribution in [0.1, 0.15) is 12.7 Å². The van der Waals surface area contributed by atoms with Crippen LogP contribution in [0.25, 0.3) is 10.2 Å². The van der Waals surface area contributed by atoms with Crippen LogP contribution in [-0.2, 0) is 6.42 Å². The maximum Gasteiger partial charge on any atom is 0.205 e. The summed E-state index contributed by atoms with van der Waals surface area (Å²) >= 11 is 3.21. The lowest BCUT2D eigenvalue weighted by Crippen LogP contribution is -2.46. The molecule has 1 fully saturated rings. The molecule has 3 aromatic heterocycles. The minimum atomic E-state index is 0.897. The van der Waals surface area contributed by atoms with E-state index in [9.17, 15) is 0 Å². The van der Waals surface area contributed by atoms with Gasteiger partial charge in [0.05, 0.1) is 10.2 Å². The Hall–Kier alpha value is -1.80. The lowest BCUT2D eigenvalue weighted by molar-refractivity contribution is 0.647. The van der Waals surface area contributed by atoms with Crippen molar-refractivity contribution in [2.45, 2.75) is 13.3 Å². The molecule has 0 radical (unpaired) electrons. The molecular formula is C14H16N6S2. The van der Waals surface area contributed by atoms with E-state index in [1.54, 1.807) is 17.7 Å². The molecule has 0 bridgehead atoms. The molecule has 114 valence electrons. The molecule has 0 spiro atoms. The van der Waals surface area contributed by atoms with Crippen molar-refractivity contribution < 1.29 is 0 Å². The number of thiophene rings is 1. The van der Waals surface area contributed by atoms with E-state index in [0.717, 1.165) is 54.9 Å². The van der Waals surface area contributed by atoms with Gasteiger partial charge in [-0.25, -0.2) is 15.0 Å². The van der Waals surface area contributed by atoms with Crippen molar-refractivity contribution in [1.29, 1.82) is 0 Å². The van der Waals surface area contributed by atoms with Gasteiger partial charge in [0.15, 0.2) is 0 Å². The number of rotatable bonds is 3. The summed E-state index contributed by atoms with van der Waals surface area (Å²) in [5, 5.41) is 3.12. The number of piperazine rings is 1. The molecule has 0 saturated carbocycles. The second-order valence-electron chi connectivity index (χ2n) is 5.15. The van der Waals surface area contributed by atoms with Gasteiger partial charge in [0.25, 0.3) is 0 Å². The molecule has 0 amide bonds. The third kappa shape index (κ3) is 2.42. The molecule has 0 aliphatic carbocycles. The van der Waals surface area contributed by atoms with E-state index >= 15 is 0 Å². The van der Waals surface area contributed by atoms with Crippen LogP contribution in [0.3, 0.4) is 0 Å². The summed E-state index contributed by atoms with van der Waals surface area (Å²) in [5.74, 6) is 2.00. The smallest absolute Gasteiger partial charge is 0.205 e. The molecule has 0 atom stereocenters. The van der Waals surface area contributed by atoms with Gasteiger partial charge in [0.2, 0.25) is 5.13 Å². The molecule has 8 heteroatoms. The zero-order valence-corrected chi connectivity index (χ0v) is 13.9. The fraction of sp³-hybridized carbons (Fsp3) is 0.429. The molecule has 0 N–H and O–H groups in total. The third-order valence-electron chi connectivity index (χ3n) is 3.85. The number of nitrogens with zero attached hydrogens (tertiary/aromatic N) is 6. The van der Waals surface area contributed by atoms with Gasteiger partial charge in [-0.2, -0.15) is 4.37 Å². The Morgan fingerprint density at radius 3 is 2.73 bits per heavy atom. The topological polar surface area (TPSA) is 58.0 Å². The molecule has 1 aliphatic heterocycles. The molecule has 0 unspecified atom stereocenters. The van der Waals surface area contributed by atoms with E-state index in [0.29, 0.717) is 0 Å². The fourth-order valence-electron chi connectivity index (χ4n) is 2.63. The minimum Gasteiger partial charge on any atom is -0.352 e. The summed E-state index contributed by atoms with van der Waals surface area (Å²) in [4.78, 5) is 18.1. The summed E-state index contributed by atoms with van der Waals surface area (Å²) in [6.45, 7) is 5.89. The number of anilines is 2. The highest BCUT2D eigenvalue weighted by Crippen LogP contribution is 2.29. The predicted molar refractivity (Wildman–Crippen MR) is 91.1 cm³/mol. The van der Waals surface area contributed by atoms with Crippen LogP contribution in [0.15, 0.2) is 17.8 Å². The van der Waals surface area contributed by atoms with E-state index in [4.69, 9.17) is 0 Å². The van der Waals surface area contributed by atoms with Crippen LogP contribution in [-0.4, -0.2) is 45.5 Å². The predicted octanol–water partition coefficient (Wildman–Crippen LogP) is 2.43. The Kier molecular flexibility index (Phi) is 3.63. The number of hydrogen-bond acceptors (Lipinski definition) is 8. The second-order valence-corrected chi connectivity index (χ2v) is 6.80. The van der Waals surface area contributed by atoms with Crippen LogP contribution in [0.5, 0.6) is 0 Å². The molecule has 6 nitrogen and oxygen atoms in total. The summed E-state index contributed by atoms with van der Waals surface area (Å²) in [5.41, 5.74) is 1.04. The van der Waals surface area contributed by atoms with Crippen LogP contribution >= 0.6 is 22.9 Å². The molecule has 1 aliphatic rings. The zero-order valence-electron chi connectivity index (χ0n) is 12.3. The van der Waals surface area contributed by atoms with Crippen molar-refractivity contribution in [3.05, 3.63) is 23.6 Å². The first-order chi connectivity index (χ1) is 10.8. The average Bonchev–Trinajstić information content (AvgIpc) is 3.23. The van der Waals surface area contributed by atoms with Crippen molar-refractivity contribution in [3.63, 3.8) is 0 Å². The Morgan fingerprint density at radius 1 is 1.14 bits per heavy atom. The highest BCUT2D eigenvalue weighted by molar-refractivity contribution is 7.17. The highest BCUT2D eigenvalue weighted by atomic mass is 32.1. The van der Waals surface area contributed by atoms with Crippen molar-refractivity contribution >= 4 is 44.0 Å². The average molecular weight is 332 g/mol. The number of aromatic nitrogens is 4. The standard InChI is InChI=1S/C14H16N6S2/c1-2-11-17-14(22-18-11)20-6-4-19(5-7-20)13-12-10(3-8-21-12)15-9-16-13/h3,8-9H,2,4-7H2,1H3. The SMILES string of the molecule is CCc1nsc(N2CCN(c3ncnc4ccsc34)CC2)n1. The third-order valence-corrected chi connectivity index (χ3v) is 5.56. The van der Waals surface area contributed by atoms with Gasteiger partial charge in [0.1, 0.15) is 18.0 Å². The Bertz CT molecular complexity index is 774. The van der Waals surface area contributed by atoms with Gasteiger partial charge < -0.3 is 9.80 Å². The molecule has 0 aromatic carbocycles. The van der Waals surface area contributed by atoms with Crippen molar-refractivity contribution in [2.75, 3.05) is 36.0 Å². The van der Waals surface area contributed by atoms with Gasteiger partial charge >= 0.3 is 0 Å². The number of hydrogen-bond donors (Lipinski definition) is 0. The summed E-state index contributed by atoms with van der Waals surface area (Å²) in [7, 11) is 0. The van der Waals surface area contributed by atoms with Crippen molar-refractivity contribution in [3.8, 4) is 0 Å². The minimum absolute atomic E-state index is 0.897. The quantitative estimate of drug-likeness (QED) is 0.734. The molecule has 1 saturated heterocycles. The Balaban J connectivity index is 1.51. The number of aryl methyl sites for hydroxylation is 1. The molecule has 22 heavy (non-hydrogen) atoms. The zero-order chi connectivity index (χ0) is 14.9. The fourth-order valence-corrected chi connectivity index (χ4v) is 4.29. The first-order valence-electron chi connectivity index (χ1n) is 7.36. The molecule has 3 aromatic rings. The van der Waals surface area contributed by atoms with Gasteiger partial charge in [-0.05, 0) is 11.4 Å². The monoisotopic (exact) mass is 332 g/mol. The second kappa shape index (κ2) is 5.77. The van der Waals surface area contributed by atoms with E-state index in [1.165, 1.54) is 16.2 Å². The largest absolute Gasteiger partial charge is 0.352 e. The Morgan fingerprint density at radius 2 is 1.95 bits per heavy atom. The van der Waals surface area contributed by atoms with E-state index in [2.05, 4.69) is 47.5 Å². The first-order valence-corrected chi connectivity index (χ1v) is 9.01. The summed E-state index contributed by atoms with van der Waals surface area (Å²) < 4.78 is 5.56. The van der Waals surface area contributed by atoms with Gasteiger partial charge in [-0.15, -0.1) is 11.3 Å². The van der Waals surface area contributed by atoms with Crippen molar-refractivity contribution in [2.24, 2.45) is 0 Å². The maximum absolute atomic E-state index is 4.58. The first kappa shape index (κ1) is 13.8. The molecule has 4 heterocycles. The van der Waals surface area contributed by atoms with Gasteiger partial charge in [0, 0.05) is 44.1 Å². The number of fused-ring (bicyclic) bond motifs is 1. The lowest BCUT2D eigenvalue weighted by atomic mass is 10.3. The summed E-state index contributed by atoms with van der Waals surface area (Å²) in [6, 6.07) is 2.05. The van der Waals surface area contributed by atoms with E-state index < -0.39 is 0 Å². The van der Waals surface area contributed by atoms with Crippen LogP contribution in [0.4, 0.5) is 10.9 Å². The van der Waals surface area contributed by atoms with Gasteiger partial charge in [-0.3, -0.25) is 0 Å². The van der Waals surface area contributed by atoms with E-state index in [-0.39, 0.29) is 0 Å². The summed E-state index contributed by atoms with van der Waals surface area (Å²) in [6.07, 6.45) is 2.56. The van der Waals surface area contributed by atoms with Crippen LogP contribution in [0.2, 0.25) is 0 Å². The molecule has 4 rings (SSSR count). The highest BCUT2D eigenvalue weighted by Gasteiger charge is 2.22. The van der Waals surface area contributed by atoms with Crippen molar-refractivity contribution in [1.82, 2.24) is 19.3 Å². The van der Waals surface area contributed by atoms with Crippen LogP contribution < -0.4 is 9.80 Å². The lowest BCUT2D eigenvalue weighted by Gasteiger charge is -2.35. The normalized spacial score (nSPS) is 15.7. The molecular weight excluding hydrogens is 316 g/mol.